The van der Waals surface area contributed by atoms with Crippen molar-refractivity contribution in [1.82, 2.24) is 9.78 Å². The first-order valence-corrected chi connectivity index (χ1v) is 6.51. The first kappa shape index (κ1) is 13.9. The molecule has 0 aliphatic rings. The standard InChI is InChI=1S/C14H16ClFN2O/c1-9-12(7-15)10(2)18(17-9)8-11-4-5-14(19-3)13(16)6-11/h4-6H,7-8H2,1-3H3. The van der Waals surface area contributed by atoms with Crippen LogP contribution in [0, 0.1) is 19.7 Å². The number of hydrogen-bond acceptors (Lipinski definition) is 2. The lowest BCUT2D eigenvalue weighted by Crippen LogP contribution is -2.05. The van der Waals surface area contributed by atoms with Gasteiger partial charge in [0.15, 0.2) is 11.6 Å². The molecule has 1 heterocycles. The lowest BCUT2D eigenvalue weighted by Gasteiger charge is -2.07. The van der Waals surface area contributed by atoms with Crippen LogP contribution in [-0.2, 0) is 12.4 Å². The number of alkyl halides is 1. The molecule has 0 aliphatic heterocycles. The molecule has 0 saturated heterocycles. The second-order valence-electron chi connectivity index (χ2n) is 4.41. The third kappa shape index (κ3) is 2.73. The summed E-state index contributed by atoms with van der Waals surface area (Å²) in [6.07, 6.45) is 0. The summed E-state index contributed by atoms with van der Waals surface area (Å²) in [6.45, 7) is 4.41. The molecule has 0 fully saturated rings. The molecule has 0 amide bonds. The maximum absolute atomic E-state index is 13.6. The zero-order chi connectivity index (χ0) is 14.0. The molecular weight excluding hydrogens is 267 g/mol. The fourth-order valence-electron chi connectivity index (χ4n) is 2.06. The molecule has 0 spiro atoms. The molecule has 2 aromatic rings. The van der Waals surface area contributed by atoms with E-state index < -0.39 is 0 Å². The molecule has 19 heavy (non-hydrogen) atoms. The van der Waals surface area contributed by atoms with Crippen LogP contribution in [0.5, 0.6) is 5.75 Å². The topological polar surface area (TPSA) is 27.1 Å². The zero-order valence-electron chi connectivity index (χ0n) is 11.2. The Labute approximate surface area is 117 Å². The van der Waals surface area contributed by atoms with Gasteiger partial charge >= 0.3 is 0 Å². The highest BCUT2D eigenvalue weighted by molar-refractivity contribution is 6.17. The van der Waals surface area contributed by atoms with Crippen molar-refractivity contribution in [1.29, 1.82) is 0 Å². The summed E-state index contributed by atoms with van der Waals surface area (Å²) in [5, 5.41) is 4.43. The number of methoxy groups -OCH3 is 1. The Bertz CT molecular complexity index is 595. The van der Waals surface area contributed by atoms with E-state index in [0.29, 0.717) is 12.4 Å². The van der Waals surface area contributed by atoms with Gasteiger partial charge in [-0.1, -0.05) is 6.07 Å². The van der Waals surface area contributed by atoms with Gasteiger partial charge in [0.25, 0.3) is 0 Å². The molecule has 102 valence electrons. The Morgan fingerprint density at radius 1 is 1.37 bits per heavy atom. The fraction of sp³-hybridized carbons (Fsp3) is 0.357. The van der Waals surface area contributed by atoms with Crippen molar-refractivity contribution in [2.24, 2.45) is 0 Å². The van der Waals surface area contributed by atoms with Crippen LogP contribution in [0.3, 0.4) is 0 Å². The highest BCUT2D eigenvalue weighted by Crippen LogP contribution is 2.20. The SMILES string of the molecule is COc1ccc(Cn2nc(C)c(CCl)c2C)cc1F. The van der Waals surface area contributed by atoms with Crippen LogP contribution < -0.4 is 4.74 Å². The van der Waals surface area contributed by atoms with E-state index >= 15 is 0 Å². The second kappa shape index (κ2) is 5.61. The van der Waals surface area contributed by atoms with Gasteiger partial charge in [-0.3, -0.25) is 4.68 Å². The number of ether oxygens (including phenoxy) is 1. The van der Waals surface area contributed by atoms with Gasteiger partial charge in [0, 0.05) is 11.3 Å². The number of aryl methyl sites for hydroxylation is 1. The predicted molar refractivity (Wildman–Crippen MR) is 73.3 cm³/mol. The van der Waals surface area contributed by atoms with Gasteiger partial charge < -0.3 is 4.74 Å². The molecule has 0 unspecified atom stereocenters. The minimum atomic E-state index is -0.362. The highest BCUT2D eigenvalue weighted by atomic mass is 35.5. The van der Waals surface area contributed by atoms with Crippen molar-refractivity contribution in [2.75, 3.05) is 7.11 Å². The van der Waals surface area contributed by atoms with Crippen LogP contribution in [0.15, 0.2) is 18.2 Å². The highest BCUT2D eigenvalue weighted by Gasteiger charge is 2.11. The number of nitrogens with zero attached hydrogens (tertiary/aromatic N) is 2. The van der Waals surface area contributed by atoms with E-state index in [2.05, 4.69) is 5.10 Å². The monoisotopic (exact) mass is 282 g/mol. The minimum absolute atomic E-state index is 0.249. The van der Waals surface area contributed by atoms with E-state index in [1.54, 1.807) is 6.07 Å². The van der Waals surface area contributed by atoms with Crippen LogP contribution in [0.4, 0.5) is 4.39 Å². The maximum atomic E-state index is 13.6. The Morgan fingerprint density at radius 2 is 2.11 bits per heavy atom. The van der Waals surface area contributed by atoms with Gasteiger partial charge in [-0.25, -0.2) is 4.39 Å². The van der Waals surface area contributed by atoms with E-state index in [4.69, 9.17) is 16.3 Å². The van der Waals surface area contributed by atoms with E-state index in [1.807, 2.05) is 24.6 Å². The third-order valence-electron chi connectivity index (χ3n) is 3.21. The van der Waals surface area contributed by atoms with Crippen LogP contribution in [-0.4, -0.2) is 16.9 Å². The summed E-state index contributed by atoms with van der Waals surface area (Å²) in [4.78, 5) is 0. The van der Waals surface area contributed by atoms with Gasteiger partial charge in [0.05, 0.1) is 25.2 Å². The molecule has 0 aliphatic carbocycles. The summed E-state index contributed by atoms with van der Waals surface area (Å²) in [5.74, 6) is 0.326. The molecule has 0 N–H and O–H groups in total. The molecule has 1 aromatic heterocycles. The van der Waals surface area contributed by atoms with Crippen molar-refractivity contribution >= 4 is 11.6 Å². The molecule has 0 radical (unpaired) electrons. The average molecular weight is 283 g/mol. The molecule has 0 atom stereocenters. The van der Waals surface area contributed by atoms with Crippen molar-refractivity contribution in [3.05, 3.63) is 46.5 Å². The summed E-state index contributed by atoms with van der Waals surface area (Å²) in [6, 6.07) is 4.92. The van der Waals surface area contributed by atoms with Crippen molar-refractivity contribution < 1.29 is 9.13 Å². The van der Waals surface area contributed by atoms with Crippen LogP contribution in [0.2, 0.25) is 0 Å². The number of hydrogen-bond donors (Lipinski definition) is 0. The first-order valence-electron chi connectivity index (χ1n) is 5.98. The number of halogens is 2. The quantitative estimate of drug-likeness (QED) is 0.803. The minimum Gasteiger partial charge on any atom is -0.494 e. The van der Waals surface area contributed by atoms with E-state index in [9.17, 15) is 4.39 Å². The molecule has 5 heteroatoms. The number of benzene rings is 1. The van der Waals surface area contributed by atoms with Gasteiger partial charge in [-0.05, 0) is 31.5 Å². The predicted octanol–water partition coefficient (Wildman–Crippen LogP) is 3.43. The van der Waals surface area contributed by atoms with Crippen LogP contribution in [0.25, 0.3) is 0 Å². The van der Waals surface area contributed by atoms with Crippen LogP contribution in [0.1, 0.15) is 22.5 Å². The summed E-state index contributed by atoms with van der Waals surface area (Å²) >= 11 is 5.89. The second-order valence-corrected chi connectivity index (χ2v) is 4.68. The van der Waals surface area contributed by atoms with E-state index in [-0.39, 0.29) is 11.6 Å². The zero-order valence-corrected chi connectivity index (χ0v) is 12.0. The summed E-state index contributed by atoms with van der Waals surface area (Å²) < 4.78 is 20.4. The Morgan fingerprint density at radius 3 is 2.63 bits per heavy atom. The van der Waals surface area contributed by atoms with Crippen molar-refractivity contribution in [2.45, 2.75) is 26.3 Å². The molecule has 2 rings (SSSR count). The summed E-state index contributed by atoms with van der Waals surface area (Å²) in [7, 11) is 1.45. The smallest absolute Gasteiger partial charge is 0.165 e. The van der Waals surface area contributed by atoms with Crippen LogP contribution >= 0.6 is 11.6 Å². The van der Waals surface area contributed by atoms with E-state index in [0.717, 1.165) is 22.5 Å². The Hall–Kier alpha value is -1.55. The normalized spacial score (nSPS) is 10.8. The molecular formula is C14H16ClFN2O. The molecule has 0 bridgehead atoms. The fourth-order valence-corrected chi connectivity index (χ4v) is 2.45. The van der Waals surface area contributed by atoms with E-state index in [1.165, 1.54) is 13.2 Å². The number of aromatic nitrogens is 2. The number of rotatable bonds is 4. The Kier molecular flexibility index (Phi) is 4.10. The van der Waals surface area contributed by atoms with Gasteiger partial charge in [-0.2, -0.15) is 5.10 Å². The van der Waals surface area contributed by atoms with Gasteiger partial charge in [0.1, 0.15) is 0 Å². The third-order valence-corrected chi connectivity index (χ3v) is 3.48. The Balaban J connectivity index is 2.29. The van der Waals surface area contributed by atoms with Crippen molar-refractivity contribution in [3.8, 4) is 5.75 Å². The summed E-state index contributed by atoms with van der Waals surface area (Å²) in [5.41, 5.74) is 3.81. The van der Waals surface area contributed by atoms with Crippen molar-refractivity contribution in [3.63, 3.8) is 0 Å². The first-order chi connectivity index (χ1) is 9.06. The molecule has 1 aromatic carbocycles. The molecule has 0 saturated carbocycles. The van der Waals surface area contributed by atoms with Gasteiger partial charge in [-0.15, -0.1) is 11.6 Å². The maximum Gasteiger partial charge on any atom is 0.165 e. The largest absolute Gasteiger partial charge is 0.494 e. The lowest BCUT2D eigenvalue weighted by atomic mass is 10.2. The lowest BCUT2D eigenvalue weighted by molar-refractivity contribution is 0.386. The molecule has 3 nitrogen and oxygen atoms in total. The average Bonchev–Trinajstić information content (AvgIpc) is 2.64. The van der Waals surface area contributed by atoms with Gasteiger partial charge in [0.2, 0.25) is 0 Å².